The summed E-state index contributed by atoms with van der Waals surface area (Å²) in [6.07, 6.45) is 5.42. The first-order chi connectivity index (χ1) is 8.81. The van der Waals surface area contributed by atoms with Crippen LogP contribution < -0.4 is 0 Å². The first kappa shape index (κ1) is 13.1. The highest BCUT2D eigenvalue weighted by molar-refractivity contribution is 6.30. The Morgan fingerprint density at radius 1 is 1.11 bits per heavy atom. The van der Waals surface area contributed by atoms with Crippen molar-refractivity contribution in [1.82, 2.24) is 4.98 Å². The molecule has 2 heteroatoms. The third kappa shape index (κ3) is 3.33. The van der Waals surface area contributed by atoms with Crippen LogP contribution in [0.1, 0.15) is 43.4 Å². The van der Waals surface area contributed by atoms with Crippen molar-refractivity contribution < 1.29 is 0 Å². The molecule has 1 aromatic heterocycles. The molecule has 1 heterocycles. The van der Waals surface area contributed by atoms with E-state index in [0.29, 0.717) is 5.92 Å². The van der Waals surface area contributed by atoms with Gasteiger partial charge in [-0.1, -0.05) is 49.6 Å². The molecule has 0 radical (unpaired) electrons. The fourth-order valence-corrected chi connectivity index (χ4v) is 2.30. The minimum absolute atomic E-state index is 0.378. The number of unbranched alkanes of at least 4 members (excludes halogenated alkanes) is 1. The van der Waals surface area contributed by atoms with Crippen LogP contribution in [0.4, 0.5) is 0 Å². The molecule has 0 aliphatic heterocycles. The zero-order valence-corrected chi connectivity index (χ0v) is 11.4. The molecule has 0 fully saturated rings. The molecular weight excluding hydrogens is 242 g/mol. The van der Waals surface area contributed by atoms with Crippen LogP contribution in [0.3, 0.4) is 0 Å². The van der Waals surface area contributed by atoms with Gasteiger partial charge >= 0.3 is 0 Å². The van der Waals surface area contributed by atoms with Gasteiger partial charge in [-0.3, -0.25) is 4.98 Å². The second kappa shape index (κ2) is 6.55. The van der Waals surface area contributed by atoms with Gasteiger partial charge in [0.2, 0.25) is 0 Å². The molecule has 0 N–H and O–H groups in total. The van der Waals surface area contributed by atoms with Crippen LogP contribution in [0.25, 0.3) is 0 Å². The van der Waals surface area contributed by atoms with Gasteiger partial charge in [0, 0.05) is 22.8 Å². The fraction of sp³-hybridized carbons (Fsp3) is 0.312. The van der Waals surface area contributed by atoms with Gasteiger partial charge in [0.15, 0.2) is 0 Å². The van der Waals surface area contributed by atoms with Crippen molar-refractivity contribution >= 4 is 11.6 Å². The lowest BCUT2D eigenvalue weighted by Gasteiger charge is -2.16. The summed E-state index contributed by atoms with van der Waals surface area (Å²) in [4.78, 5) is 4.50. The number of halogens is 1. The van der Waals surface area contributed by atoms with Crippen molar-refractivity contribution in [3.63, 3.8) is 0 Å². The van der Waals surface area contributed by atoms with E-state index in [-0.39, 0.29) is 0 Å². The number of benzene rings is 1. The molecule has 94 valence electrons. The first-order valence-electron chi connectivity index (χ1n) is 6.47. The van der Waals surface area contributed by atoms with Gasteiger partial charge in [0.05, 0.1) is 0 Å². The van der Waals surface area contributed by atoms with Gasteiger partial charge < -0.3 is 0 Å². The van der Waals surface area contributed by atoms with E-state index in [9.17, 15) is 0 Å². The van der Waals surface area contributed by atoms with Crippen molar-refractivity contribution in [2.75, 3.05) is 0 Å². The van der Waals surface area contributed by atoms with Gasteiger partial charge in [-0.2, -0.15) is 0 Å². The minimum Gasteiger partial charge on any atom is -0.261 e. The molecule has 0 saturated heterocycles. The third-order valence-corrected chi connectivity index (χ3v) is 3.42. The molecule has 1 aromatic carbocycles. The molecule has 18 heavy (non-hydrogen) atoms. The van der Waals surface area contributed by atoms with E-state index in [4.69, 9.17) is 11.6 Å². The van der Waals surface area contributed by atoms with Crippen molar-refractivity contribution in [2.45, 2.75) is 32.1 Å². The zero-order chi connectivity index (χ0) is 12.8. The van der Waals surface area contributed by atoms with E-state index in [1.165, 1.54) is 18.4 Å². The van der Waals surface area contributed by atoms with Crippen LogP contribution in [0.2, 0.25) is 5.02 Å². The third-order valence-electron chi connectivity index (χ3n) is 3.16. The summed E-state index contributed by atoms with van der Waals surface area (Å²) < 4.78 is 0. The fourth-order valence-electron chi connectivity index (χ4n) is 2.17. The number of nitrogens with zero attached hydrogens (tertiary/aromatic N) is 1. The number of rotatable bonds is 5. The first-order valence-corrected chi connectivity index (χ1v) is 6.85. The SMILES string of the molecule is CCCCC(c1ccc(Cl)cc1)c1ccccn1. The molecule has 2 aromatic rings. The highest BCUT2D eigenvalue weighted by Crippen LogP contribution is 2.29. The van der Waals surface area contributed by atoms with Gasteiger partial charge in [-0.15, -0.1) is 0 Å². The quantitative estimate of drug-likeness (QED) is 0.732. The summed E-state index contributed by atoms with van der Waals surface area (Å²) in [6, 6.07) is 14.3. The van der Waals surface area contributed by atoms with Gasteiger partial charge in [-0.25, -0.2) is 0 Å². The van der Waals surface area contributed by atoms with E-state index >= 15 is 0 Å². The second-order valence-electron chi connectivity index (χ2n) is 4.50. The molecule has 0 amide bonds. The van der Waals surface area contributed by atoms with Crippen LogP contribution in [0.15, 0.2) is 48.7 Å². The normalized spacial score (nSPS) is 12.3. The Labute approximate surface area is 114 Å². The van der Waals surface area contributed by atoms with Crippen LogP contribution in [-0.4, -0.2) is 4.98 Å². The Kier molecular flexibility index (Phi) is 4.77. The Hall–Kier alpha value is -1.34. The number of hydrogen-bond acceptors (Lipinski definition) is 1. The maximum absolute atomic E-state index is 5.95. The summed E-state index contributed by atoms with van der Waals surface area (Å²) >= 11 is 5.95. The van der Waals surface area contributed by atoms with Crippen LogP contribution >= 0.6 is 11.6 Å². The summed E-state index contributed by atoms with van der Waals surface area (Å²) in [5.41, 5.74) is 2.44. The lowest BCUT2D eigenvalue weighted by molar-refractivity contribution is 0.638. The predicted molar refractivity (Wildman–Crippen MR) is 77.1 cm³/mol. The van der Waals surface area contributed by atoms with Gasteiger partial charge in [0.25, 0.3) is 0 Å². The molecule has 0 bridgehead atoms. The number of aromatic nitrogens is 1. The Morgan fingerprint density at radius 3 is 2.50 bits per heavy atom. The zero-order valence-electron chi connectivity index (χ0n) is 10.6. The molecule has 2 rings (SSSR count). The van der Waals surface area contributed by atoms with E-state index < -0.39 is 0 Å². The van der Waals surface area contributed by atoms with Gasteiger partial charge in [0.1, 0.15) is 0 Å². The van der Waals surface area contributed by atoms with E-state index in [2.05, 4.69) is 36.2 Å². The van der Waals surface area contributed by atoms with Crippen LogP contribution in [-0.2, 0) is 0 Å². The predicted octanol–water partition coefficient (Wildman–Crippen LogP) is 5.06. The molecule has 0 aliphatic carbocycles. The average Bonchev–Trinajstić information content (AvgIpc) is 2.42. The van der Waals surface area contributed by atoms with Crippen LogP contribution in [0.5, 0.6) is 0 Å². The van der Waals surface area contributed by atoms with E-state index in [0.717, 1.165) is 17.1 Å². The average molecular weight is 260 g/mol. The molecular formula is C16H18ClN. The highest BCUT2D eigenvalue weighted by Gasteiger charge is 2.14. The molecule has 1 unspecified atom stereocenters. The minimum atomic E-state index is 0.378. The van der Waals surface area contributed by atoms with E-state index in [1.54, 1.807) is 0 Å². The maximum Gasteiger partial charge on any atom is 0.0478 e. The number of pyridine rings is 1. The Bertz CT molecular complexity index is 464. The lowest BCUT2D eigenvalue weighted by Crippen LogP contribution is -2.03. The summed E-state index contributed by atoms with van der Waals surface area (Å²) in [7, 11) is 0. The van der Waals surface area contributed by atoms with Crippen molar-refractivity contribution in [3.05, 3.63) is 64.9 Å². The summed E-state index contributed by atoms with van der Waals surface area (Å²) in [5, 5.41) is 0.786. The smallest absolute Gasteiger partial charge is 0.0478 e. The molecule has 1 atom stereocenters. The molecule has 0 spiro atoms. The highest BCUT2D eigenvalue weighted by atomic mass is 35.5. The molecule has 0 saturated carbocycles. The molecule has 1 nitrogen and oxygen atoms in total. The monoisotopic (exact) mass is 259 g/mol. The summed E-state index contributed by atoms with van der Waals surface area (Å²) in [5.74, 6) is 0.378. The Morgan fingerprint density at radius 2 is 1.89 bits per heavy atom. The summed E-state index contributed by atoms with van der Waals surface area (Å²) in [6.45, 7) is 2.22. The van der Waals surface area contributed by atoms with Crippen LogP contribution in [0, 0.1) is 0 Å². The van der Waals surface area contributed by atoms with Gasteiger partial charge in [-0.05, 0) is 36.2 Å². The maximum atomic E-state index is 5.95. The largest absolute Gasteiger partial charge is 0.261 e. The van der Waals surface area contributed by atoms with Crippen molar-refractivity contribution in [1.29, 1.82) is 0 Å². The van der Waals surface area contributed by atoms with Crippen molar-refractivity contribution in [2.24, 2.45) is 0 Å². The standard InChI is InChI=1S/C16H18ClN/c1-2-3-6-15(16-7-4-5-12-18-16)13-8-10-14(17)11-9-13/h4-5,7-12,15H,2-3,6H2,1H3. The van der Waals surface area contributed by atoms with E-state index in [1.807, 2.05) is 24.4 Å². The second-order valence-corrected chi connectivity index (χ2v) is 4.94. The lowest BCUT2D eigenvalue weighted by atomic mass is 9.90. The van der Waals surface area contributed by atoms with Crippen molar-refractivity contribution in [3.8, 4) is 0 Å². The molecule has 0 aliphatic rings. The number of hydrogen-bond donors (Lipinski definition) is 0. The Balaban J connectivity index is 2.27. The topological polar surface area (TPSA) is 12.9 Å².